The Kier molecular flexibility index (Phi) is 3.87. The van der Waals surface area contributed by atoms with Crippen LogP contribution in [-0.4, -0.2) is 4.98 Å². The van der Waals surface area contributed by atoms with Crippen LogP contribution in [-0.2, 0) is 5.41 Å². The maximum Gasteiger partial charge on any atom is 0.132 e. The summed E-state index contributed by atoms with van der Waals surface area (Å²) >= 11 is 0. The Labute approximate surface area is 183 Å². The molecule has 2 aliphatic rings. The molecular formula is C29H27NO. The van der Waals surface area contributed by atoms with Crippen molar-refractivity contribution in [2.45, 2.75) is 51.0 Å². The first-order valence-corrected chi connectivity index (χ1v) is 11.3. The molecule has 1 aliphatic carbocycles. The average molecular weight is 406 g/mol. The number of rotatable bonds is 2. The highest BCUT2D eigenvalue weighted by Gasteiger charge is 2.53. The zero-order chi connectivity index (χ0) is 21.3. The lowest BCUT2D eigenvalue weighted by atomic mass is 9.73. The number of benzene rings is 3. The van der Waals surface area contributed by atoms with Crippen molar-refractivity contribution in [3.8, 4) is 17.0 Å². The third-order valence-electron chi connectivity index (χ3n) is 7.28. The predicted molar refractivity (Wildman–Crippen MR) is 127 cm³/mol. The Morgan fingerprint density at radius 3 is 2.45 bits per heavy atom. The molecule has 2 heteroatoms. The maximum absolute atomic E-state index is 6.50. The van der Waals surface area contributed by atoms with E-state index in [2.05, 4.69) is 100 Å². The number of ether oxygens (including phenoxy) is 1. The molecule has 2 nitrogen and oxygen atoms in total. The highest BCUT2D eigenvalue weighted by molar-refractivity contribution is 5.86. The lowest BCUT2D eigenvalue weighted by Gasteiger charge is -2.28. The third kappa shape index (κ3) is 2.54. The zero-order valence-electron chi connectivity index (χ0n) is 18.5. The Balaban J connectivity index is 1.59. The fourth-order valence-corrected chi connectivity index (χ4v) is 5.94. The second-order valence-corrected chi connectivity index (χ2v) is 9.81. The van der Waals surface area contributed by atoms with Crippen molar-refractivity contribution < 1.29 is 4.74 Å². The van der Waals surface area contributed by atoms with Crippen molar-refractivity contribution in [2.75, 3.05) is 0 Å². The summed E-state index contributed by atoms with van der Waals surface area (Å²) in [6.07, 6.45) is 0.0763. The number of fused-ring (bicyclic) bond motifs is 6. The number of pyridine rings is 1. The van der Waals surface area contributed by atoms with Crippen LogP contribution < -0.4 is 4.74 Å². The van der Waals surface area contributed by atoms with Crippen LogP contribution in [0.3, 0.4) is 0 Å². The first kappa shape index (κ1) is 18.6. The minimum Gasteiger partial charge on any atom is -0.485 e. The molecule has 2 unspecified atom stereocenters. The summed E-state index contributed by atoms with van der Waals surface area (Å²) in [5.41, 5.74) is 8.71. The van der Waals surface area contributed by atoms with Gasteiger partial charge >= 0.3 is 0 Å². The Hall–Kier alpha value is -3.13. The minimum absolute atomic E-state index is 0.0471. The molecule has 0 saturated heterocycles. The molecule has 0 N–H and O–H groups in total. The van der Waals surface area contributed by atoms with Crippen molar-refractivity contribution in [2.24, 2.45) is 0 Å². The predicted octanol–water partition coefficient (Wildman–Crippen LogP) is 7.53. The van der Waals surface area contributed by atoms with Crippen molar-refractivity contribution in [1.29, 1.82) is 0 Å². The van der Waals surface area contributed by atoms with E-state index in [0.717, 1.165) is 17.0 Å². The normalized spacial score (nSPS) is 20.4. The van der Waals surface area contributed by atoms with Gasteiger partial charge in [0.2, 0.25) is 0 Å². The maximum atomic E-state index is 6.50. The molecule has 4 aromatic rings. The zero-order valence-corrected chi connectivity index (χ0v) is 18.5. The van der Waals surface area contributed by atoms with E-state index in [1.54, 1.807) is 0 Å². The van der Waals surface area contributed by atoms with E-state index < -0.39 is 0 Å². The molecule has 0 amide bonds. The van der Waals surface area contributed by atoms with Gasteiger partial charge in [0.1, 0.15) is 11.9 Å². The summed E-state index contributed by atoms with van der Waals surface area (Å²) in [5, 5.41) is 1.25. The van der Waals surface area contributed by atoms with Crippen molar-refractivity contribution in [1.82, 2.24) is 4.98 Å². The van der Waals surface area contributed by atoms with Gasteiger partial charge in [0.15, 0.2) is 0 Å². The van der Waals surface area contributed by atoms with Crippen molar-refractivity contribution in [3.05, 3.63) is 95.1 Å². The quantitative estimate of drug-likeness (QED) is 0.344. The summed E-state index contributed by atoms with van der Waals surface area (Å²) in [6.45, 7) is 9.27. The van der Waals surface area contributed by atoms with Gasteiger partial charge in [0, 0.05) is 27.8 Å². The minimum atomic E-state index is -0.0471. The van der Waals surface area contributed by atoms with Gasteiger partial charge in [0.05, 0.1) is 11.2 Å². The topological polar surface area (TPSA) is 22.1 Å². The summed E-state index contributed by atoms with van der Waals surface area (Å²) in [6, 6.07) is 26.0. The number of nitrogens with zero attached hydrogens (tertiary/aromatic N) is 1. The molecule has 0 saturated carbocycles. The molecule has 0 bridgehead atoms. The average Bonchev–Trinajstić information content (AvgIpc) is 3.27. The van der Waals surface area contributed by atoms with Crippen LogP contribution in [0.5, 0.6) is 5.75 Å². The van der Waals surface area contributed by atoms with Crippen molar-refractivity contribution in [3.63, 3.8) is 0 Å². The van der Waals surface area contributed by atoms with Gasteiger partial charge in [-0.05, 0) is 40.8 Å². The monoisotopic (exact) mass is 405 g/mol. The number of hydrogen-bond donors (Lipinski definition) is 0. The molecular weight excluding hydrogens is 378 g/mol. The van der Waals surface area contributed by atoms with Crippen molar-refractivity contribution >= 4 is 10.9 Å². The standard InChI is InChI=1S/C29H27NO/c1-17(2)22-16-24(30-23-14-7-5-10-18(22)23)19-12-9-13-21-26(19)29(3,4)27-20-11-6-8-15-25(20)31-28(21)27/h5-17,27-28H,1-4H3. The molecule has 154 valence electrons. The van der Waals surface area contributed by atoms with Crippen LogP contribution in [0.1, 0.15) is 67.9 Å². The Bertz CT molecular complexity index is 1330. The van der Waals surface area contributed by atoms with Gasteiger partial charge in [-0.15, -0.1) is 0 Å². The van der Waals surface area contributed by atoms with Gasteiger partial charge in [0.25, 0.3) is 0 Å². The first-order valence-electron chi connectivity index (χ1n) is 11.3. The fourth-order valence-electron chi connectivity index (χ4n) is 5.94. The van der Waals surface area contributed by atoms with Crippen LogP contribution in [0.4, 0.5) is 0 Å². The van der Waals surface area contributed by atoms with Crippen LogP contribution in [0, 0.1) is 0 Å². The fraction of sp³-hybridized carbons (Fsp3) is 0.276. The number of hydrogen-bond acceptors (Lipinski definition) is 2. The summed E-state index contributed by atoms with van der Waals surface area (Å²) in [7, 11) is 0. The van der Waals surface area contributed by atoms with Crippen LogP contribution in [0.25, 0.3) is 22.2 Å². The Morgan fingerprint density at radius 1 is 0.871 bits per heavy atom. The second-order valence-electron chi connectivity index (χ2n) is 9.81. The van der Waals surface area contributed by atoms with Gasteiger partial charge in [-0.2, -0.15) is 0 Å². The van der Waals surface area contributed by atoms with E-state index in [1.807, 2.05) is 0 Å². The molecule has 0 fully saturated rings. The lowest BCUT2D eigenvalue weighted by molar-refractivity contribution is 0.198. The van der Waals surface area contributed by atoms with Crippen LogP contribution >= 0.6 is 0 Å². The van der Waals surface area contributed by atoms with Crippen LogP contribution in [0.15, 0.2) is 72.8 Å². The van der Waals surface area contributed by atoms with E-state index in [1.165, 1.54) is 33.2 Å². The molecule has 0 radical (unpaired) electrons. The van der Waals surface area contributed by atoms with E-state index in [0.29, 0.717) is 11.8 Å². The van der Waals surface area contributed by atoms with Gasteiger partial charge in [-0.25, -0.2) is 4.98 Å². The smallest absolute Gasteiger partial charge is 0.132 e. The molecule has 1 aromatic heterocycles. The summed E-state index contributed by atoms with van der Waals surface area (Å²) < 4.78 is 6.50. The SMILES string of the molecule is CC(C)c1cc(-c2cccc3c2C(C)(C)C2c4ccccc4OC32)nc2ccccc12. The third-order valence-corrected chi connectivity index (χ3v) is 7.28. The molecule has 2 atom stereocenters. The molecule has 3 aromatic carbocycles. The Morgan fingerprint density at radius 2 is 1.61 bits per heavy atom. The highest BCUT2D eigenvalue weighted by Crippen LogP contribution is 2.62. The largest absolute Gasteiger partial charge is 0.485 e. The molecule has 1 aliphatic heterocycles. The molecule has 0 spiro atoms. The van der Waals surface area contributed by atoms with E-state index in [-0.39, 0.29) is 11.5 Å². The summed E-state index contributed by atoms with van der Waals surface area (Å²) in [4.78, 5) is 5.13. The molecule has 6 rings (SSSR count). The molecule has 31 heavy (non-hydrogen) atoms. The van der Waals surface area contributed by atoms with Gasteiger partial charge in [-0.1, -0.05) is 82.3 Å². The number of aromatic nitrogens is 1. The van der Waals surface area contributed by atoms with Gasteiger partial charge in [-0.3, -0.25) is 0 Å². The van der Waals surface area contributed by atoms with Gasteiger partial charge < -0.3 is 4.74 Å². The van der Waals surface area contributed by atoms with E-state index in [9.17, 15) is 0 Å². The second kappa shape index (κ2) is 6.43. The first-order chi connectivity index (χ1) is 15.0. The van der Waals surface area contributed by atoms with E-state index >= 15 is 0 Å². The lowest BCUT2D eigenvalue weighted by Crippen LogP contribution is -2.23. The molecule has 2 heterocycles. The number of para-hydroxylation sites is 2. The van der Waals surface area contributed by atoms with E-state index in [4.69, 9.17) is 9.72 Å². The van der Waals surface area contributed by atoms with Crippen LogP contribution in [0.2, 0.25) is 0 Å². The summed E-state index contributed by atoms with van der Waals surface area (Å²) in [5.74, 6) is 1.79. The highest BCUT2D eigenvalue weighted by atomic mass is 16.5.